The van der Waals surface area contributed by atoms with Gasteiger partial charge < -0.3 is 47.4 Å². The van der Waals surface area contributed by atoms with Gasteiger partial charge in [0.2, 0.25) is 0 Å². The smallest absolute Gasteiger partial charge is 0.383 e. The molecule has 12 heteroatoms. The van der Waals surface area contributed by atoms with Gasteiger partial charge in [-0.3, -0.25) is 9.59 Å². The van der Waals surface area contributed by atoms with Gasteiger partial charge in [-0.2, -0.15) is 0 Å². The maximum Gasteiger partial charge on any atom is 0.383 e. The zero-order valence-electron chi connectivity index (χ0n) is 30.2. The average molecular weight is 667 g/mol. The van der Waals surface area contributed by atoms with Crippen LogP contribution in [0.15, 0.2) is 0 Å². The Hall–Kier alpha value is -1.38. The maximum absolute atomic E-state index is 13.2. The molecule has 0 aliphatic heterocycles. The molecule has 0 saturated heterocycles. The third-order valence-corrected chi connectivity index (χ3v) is 6.58. The van der Waals surface area contributed by atoms with E-state index < -0.39 is 36.5 Å². The zero-order valence-corrected chi connectivity index (χ0v) is 30.2. The van der Waals surface area contributed by atoms with Crippen LogP contribution in [0.1, 0.15) is 132 Å². The number of carbonyl (C=O) groups excluding carboxylic acids is 2. The van der Waals surface area contributed by atoms with Gasteiger partial charge in [-0.15, -0.1) is 0 Å². The second-order valence-corrected chi connectivity index (χ2v) is 10.7. The van der Waals surface area contributed by atoms with Gasteiger partial charge in [0.25, 0.3) is 12.6 Å². The Labute approximate surface area is 278 Å². The van der Waals surface area contributed by atoms with Crippen molar-refractivity contribution in [1.82, 2.24) is 0 Å². The van der Waals surface area contributed by atoms with E-state index in [9.17, 15) is 9.59 Å². The van der Waals surface area contributed by atoms with E-state index in [1.54, 1.807) is 0 Å². The maximum atomic E-state index is 13.2. The van der Waals surface area contributed by atoms with Crippen LogP contribution in [0.5, 0.6) is 0 Å². The van der Waals surface area contributed by atoms with Gasteiger partial charge in [-0.05, 0) is 66.2 Å². The van der Waals surface area contributed by atoms with Crippen LogP contribution in [-0.4, -0.2) is 89.3 Å². The SMILES string of the molecule is CCCCOC(OCCCC)(OC(=O)CCCCC(=O)OC(OCCCC)(OCCCC)C(OCC)OCC)C(OCC)OCC. The Morgan fingerprint density at radius 1 is 0.435 bits per heavy atom. The monoisotopic (exact) mass is 666 g/mol. The van der Waals surface area contributed by atoms with Gasteiger partial charge >= 0.3 is 23.9 Å². The summed E-state index contributed by atoms with van der Waals surface area (Å²) in [7, 11) is 0. The summed E-state index contributed by atoms with van der Waals surface area (Å²) >= 11 is 0. The molecule has 0 atom stereocenters. The van der Waals surface area contributed by atoms with E-state index >= 15 is 0 Å². The summed E-state index contributed by atoms with van der Waals surface area (Å²) in [4.78, 5) is 26.3. The van der Waals surface area contributed by atoms with E-state index in [-0.39, 0.29) is 12.8 Å². The van der Waals surface area contributed by atoms with Crippen molar-refractivity contribution in [2.24, 2.45) is 0 Å². The molecule has 12 nitrogen and oxygen atoms in total. The van der Waals surface area contributed by atoms with Crippen LogP contribution in [0.4, 0.5) is 0 Å². The molecule has 0 aromatic carbocycles. The predicted molar refractivity (Wildman–Crippen MR) is 174 cm³/mol. The molecule has 0 spiro atoms. The van der Waals surface area contributed by atoms with Crippen LogP contribution in [0.25, 0.3) is 0 Å². The Morgan fingerprint density at radius 2 is 0.696 bits per heavy atom. The molecule has 0 N–H and O–H groups in total. The summed E-state index contributed by atoms with van der Waals surface area (Å²) in [5, 5.41) is 0. The molecule has 0 aromatic rings. The summed E-state index contributed by atoms with van der Waals surface area (Å²) in [6, 6.07) is 0. The van der Waals surface area contributed by atoms with Gasteiger partial charge in [-0.25, -0.2) is 0 Å². The molecule has 0 unspecified atom stereocenters. The first kappa shape index (κ1) is 44.6. The first-order chi connectivity index (χ1) is 22.3. The van der Waals surface area contributed by atoms with E-state index in [0.717, 1.165) is 51.4 Å². The third-order valence-electron chi connectivity index (χ3n) is 6.58. The highest BCUT2D eigenvalue weighted by molar-refractivity contribution is 5.71. The lowest BCUT2D eigenvalue weighted by Gasteiger charge is -2.38. The topological polar surface area (TPSA) is 126 Å². The molecule has 0 bridgehead atoms. The molecule has 0 aliphatic carbocycles. The van der Waals surface area contributed by atoms with Crippen molar-refractivity contribution in [2.75, 3.05) is 52.9 Å². The fraction of sp³-hybridized carbons (Fsp3) is 0.941. The van der Waals surface area contributed by atoms with Crippen LogP contribution in [-0.2, 0) is 57.0 Å². The lowest BCUT2D eigenvalue weighted by molar-refractivity contribution is -0.441. The zero-order chi connectivity index (χ0) is 34.5. The number of hydrogen-bond acceptors (Lipinski definition) is 12. The van der Waals surface area contributed by atoms with E-state index in [2.05, 4.69) is 0 Å². The number of unbranched alkanes of at least 4 members (excludes halogenated alkanes) is 5. The molecular weight excluding hydrogens is 600 g/mol. The van der Waals surface area contributed by atoms with Crippen LogP contribution in [0.2, 0.25) is 0 Å². The van der Waals surface area contributed by atoms with Gasteiger partial charge in [0, 0.05) is 39.3 Å². The quantitative estimate of drug-likeness (QED) is 0.0406. The lowest BCUT2D eigenvalue weighted by atomic mass is 10.2. The van der Waals surface area contributed by atoms with Crippen molar-refractivity contribution in [2.45, 2.75) is 157 Å². The first-order valence-corrected chi connectivity index (χ1v) is 17.7. The Bertz CT molecular complexity index is 643. The number of esters is 2. The fourth-order valence-electron chi connectivity index (χ4n) is 4.07. The molecule has 0 heterocycles. The molecule has 0 aliphatic rings. The summed E-state index contributed by atoms with van der Waals surface area (Å²) in [6.07, 6.45) is 5.09. The third kappa shape index (κ3) is 18.2. The minimum atomic E-state index is -1.84. The number of rotatable bonds is 33. The molecule has 46 heavy (non-hydrogen) atoms. The molecular formula is C34H66O12. The van der Waals surface area contributed by atoms with Gasteiger partial charge in [0.15, 0.2) is 0 Å². The molecule has 0 rings (SSSR count). The average Bonchev–Trinajstić information content (AvgIpc) is 3.03. The normalized spacial score (nSPS) is 12.3. The Balaban J connectivity index is 5.63. The second kappa shape index (κ2) is 28.6. The van der Waals surface area contributed by atoms with Crippen molar-refractivity contribution < 1.29 is 57.0 Å². The predicted octanol–water partition coefficient (Wildman–Crippen LogP) is 7.01. The number of hydrogen-bond donors (Lipinski definition) is 0. The van der Waals surface area contributed by atoms with E-state index in [0.29, 0.717) is 65.7 Å². The summed E-state index contributed by atoms with van der Waals surface area (Å²) < 4.78 is 59.1. The highest BCUT2D eigenvalue weighted by Crippen LogP contribution is 2.29. The minimum Gasteiger partial charge on any atom is -0.404 e. The molecule has 0 saturated carbocycles. The molecule has 0 radical (unpaired) electrons. The van der Waals surface area contributed by atoms with E-state index in [1.165, 1.54) is 0 Å². The van der Waals surface area contributed by atoms with Crippen LogP contribution >= 0.6 is 0 Å². The lowest BCUT2D eigenvalue weighted by Crippen LogP contribution is -2.54. The molecule has 0 amide bonds. The highest BCUT2D eigenvalue weighted by atomic mass is 16.9. The van der Waals surface area contributed by atoms with Gasteiger partial charge in [0.1, 0.15) is 0 Å². The largest absolute Gasteiger partial charge is 0.404 e. The van der Waals surface area contributed by atoms with Crippen LogP contribution in [0.3, 0.4) is 0 Å². The Kier molecular flexibility index (Phi) is 27.8. The molecule has 274 valence electrons. The van der Waals surface area contributed by atoms with Crippen LogP contribution in [0, 0.1) is 0 Å². The second-order valence-electron chi connectivity index (χ2n) is 10.7. The summed E-state index contributed by atoms with van der Waals surface area (Å²) in [5.41, 5.74) is 0. The summed E-state index contributed by atoms with van der Waals surface area (Å²) in [6.45, 7) is 17.8. The van der Waals surface area contributed by atoms with Crippen molar-refractivity contribution in [3.63, 3.8) is 0 Å². The van der Waals surface area contributed by atoms with Crippen LogP contribution < -0.4 is 0 Å². The van der Waals surface area contributed by atoms with Crippen molar-refractivity contribution in [3.8, 4) is 0 Å². The van der Waals surface area contributed by atoms with Crippen molar-refractivity contribution in [3.05, 3.63) is 0 Å². The van der Waals surface area contributed by atoms with E-state index in [1.807, 2.05) is 55.4 Å². The minimum absolute atomic E-state index is 0.0138. The standard InChI is InChI=1S/C34H66O12/c1-9-17-25-41-33(42-26-18-10-2,31(37-13-5)38-14-6)45-29(35)23-21-22-24-30(36)46-34(43-27-19-11-3,44-28-20-12-4)32(39-15-7)40-16-8/h31-32H,9-28H2,1-8H3. The number of ether oxygens (including phenoxy) is 10. The van der Waals surface area contributed by atoms with E-state index in [4.69, 9.17) is 47.4 Å². The molecule has 0 fully saturated rings. The first-order valence-electron chi connectivity index (χ1n) is 17.7. The fourth-order valence-corrected chi connectivity index (χ4v) is 4.07. The van der Waals surface area contributed by atoms with Gasteiger partial charge in [0.05, 0.1) is 26.4 Å². The van der Waals surface area contributed by atoms with Crippen molar-refractivity contribution >= 4 is 11.9 Å². The Morgan fingerprint density at radius 3 is 0.913 bits per heavy atom. The highest BCUT2D eigenvalue weighted by Gasteiger charge is 2.49. The number of carbonyl (C=O) groups is 2. The van der Waals surface area contributed by atoms with Crippen molar-refractivity contribution in [1.29, 1.82) is 0 Å². The molecule has 0 aromatic heterocycles. The van der Waals surface area contributed by atoms with Gasteiger partial charge in [-0.1, -0.05) is 53.4 Å². The summed E-state index contributed by atoms with van der Waals surface area (Å²) in [5.74, 6) is -4.80.